The number of urea groups is 1. The van der Waals surface area contributed by atoms with E-state index in [0.717, 1.165) is 6.42 Å². The number of carboxylic acids is 1. The number of rotatable bonds is 8. The number of carbonyl (C=O) groups is 3. The van der Waals surface area contributed by atoms with Gasteiger partial charge in [-0.25, -0.2) is 9.59 Å². The van der Waals surface area contributed by atoms with E-state index in [1.165, 1.54) is 0 Å². The van der Waals surface area contributed by atoms with Crippen molar-refractivity contribution in [3.63, 3.8) is 0 Å². The van der Waals surface area contributed by atoms with Gasteiger partial charge in [-0.2, -0.15) is 0 Å². The maximum Gasteiger partial charge on any atom is 0.326 e. The number of amides is 3. The molecule has 0 rings (SSSR count). The minimum Gasteiger partial charge on any atom is -0.480 e. The quantitative estimate of drug-likeness (QED) is 0.527. The normalized spacial score (nSPS) is 13.4. The molecule has 2 atom stereocenters. The van der Waals surface area contributed by atoms with Gasteiger partial charge < -0.3 is 21.1 Å². The van der Waals surface area contributed by atoms with Crippen molar-refractivity contribution in [2.45, 2.75) is 52.6 Å². The van der Waals surface area contributed by atoms with Crippen LogP contribution in [0.1, 0.15) is 40.5 Å². The van der Waals surface area contributed by atoms with Crippen molar-refractivity contribution in [3.05, 3.63) is 0 Å². The fourth-order valence-electron chi connectivity index (χ4n) is 1.56. The molecule has 0 aliphatic rings. The highest BCUT2D eigenvalue weighted by atomic mass is 16.4. The van der Waals surface area contributed by atoms with E-state index in [1.54, 1.807) is 6.92 Å². The first-order chi connectivity index (χ1) is 9.27. The van der Waals surface area contributed by atoms with Gasteiger partial charge in [0, 0.05) is 6.54 Å². The standard InChI is InChI=1S/C13H25N3O4/c1-5-6-14-11(17)9(4)15-13(20)16-10(12(18)19)7-8(2)3/h8-10H,5-7H2,1-4H3,(H,14,17)(H,18,19)(H2,15,16,20)/t9?,10-/m0/s1. The third kappa shape index (κ3) is 7.60. The molecule has 20 heavy (non-hydrogen) atoms. The molecule has 0 bridgehead atoms. The van der Waals surface area contributed by atoms with E-state index < -0.39 is 24.1 Å². The Morgan fingerprint density at radius 2 is 1.70 bits per heavy atom. The Balaban J connectivity index is 4.31. The molecule has 0 radical (unpaired) electrons. The molecule has 0 aromatic rings. The van der Waals surface area contributed by atoms with Crippen LogP contribution in [0.3, 0.4) is 0 Å². The lowest BCUT2D eigenvalue weighted by Crippen LogP contribution is -2.52. The van der Waals surface area contributed by atoms with Crippen LogP contribution in [0, 0.1) is 5.92 Å². The van der Waals surface area contributed by atoms with E-state index in [2.05, 4.69) is 16.0 Å². The first-order valence-corrected chi connectivity index (χ1v) is 6.85. The third-order valence-electron chi connectivity index (χ3n) is 2.60. The van der Waals surface area contributed by atoms with Gasteiger partial charge in [-0.1, -0.05) is 20.8 Å². The first-order valence-electron chi connectivity index (χ1n) is 6.85. The van der Waals surface area contributed by atoms with Crippen molar-refractivity contribution in [1.29, 1.82) is 0 Å². The Morgan fingerprint density at radius 3 is 2.15 bits per heavy atom. The third-order valence-corrected chi connectivity index (χ3v) is 2.60. The number of nitrogens with one attached hydrogen (secondary N) is 3. The smallest absolute Gasteiger partial charge is 0.326 e. The Hall–Kier alpha value is -1.79. The fourth-order valence-corrected chi connectivity index (χ4v) is 1.56. The number of aliphatic carboxylic acids is 1. The van der Waals surface area contributed by atoms with Crippen molar-refractivity contribution < 1.29 is 19.5 Å². The lowest BCUT2D eigenvalue weighted by Gasteiger charge is -2.19. The van der Waals surface area contributed by atoms with E-state index in [4.69, 9.17) is 5.11 Å². The highest BCUT2D eigenvalue weighted by Crippen LogP contribution is 2.04. The first kappa shape index (κ1) is 18.2. The van der Waals surface area contributed by atoms with E-state index in [1.807, 2.05) is 20.8 Å². The zero-order valence-electron chi connectivity index (χ0n) is 12.5. The van der Waals surface area contributed by atoms with Crippen LogP contribution in [-0.4, -0.2) is 41.6 Å². The molecular weight excluding hydrogens is 262 g/mol. The SMILES string of the molecule is CCCNC(=O)C(C)NC(=O)N[C@@H](CC(C)C)C(=O)O. The molecule has 0 fully saturated rings. The zero-order chi connectivity index (χ0) is 15.7. The van der Waals surface area contributed by atoms with Crippen LogP contribution in [0.4, 0.5) is 4.79 Å². The Labute approximate surface area is 119 Å². The molecule has 0 aromatic carbocycles. The molecule has 7 nitrogen and oxygen atoms in total. The summed E-state index contributed by atoms with van der Waals surface area (Å²) in [6.45, 7) is 7.75. The van der Waals surface area contributed by atoms with Gasteiger partial charge in [0.1, 0.15) is 12.1 Å². The minimum atomic E-state index is -1.09. The molecule has 0 aromatic heterocycles. The highest BCUT2D eigenvalue weighted by molar-refractivity contribution is 5.88. The molecule has 0 heterocycles. The van der Waals surface area contributed by atoms with Gasteiger partial charge in [-0.05, 0) is 25.7 Å². The van der Waals surface area contributed by atoms with Gasteiger partial charge in [-0.3, -0.25) is 4.79 Å². The summed E-state index contributed by atoms with van der Waals surface area (Å²) in [4.78, 5) is 34.2. The maximum absolute atomic E-state index is 11.7. The van der Waals surface area contributed by atoms with E-state index in [0.29, 0.717) is 13.0 Å². The lowest BCUT2D eigenvalue weighted by atomic mass is 10.0. The van der Waals surface area contributed by atoms with Gasteiger partial charge in [0.2, 0.25) is 5.91 Å². The van der Waals surface area contributed by atoms with Crippen molar-refractivity contribution in [2.24, 2.45) is 5.92 Å². The topological polar surface area (TPSA) is 108 Å². The summed E-state index contributed by atoms with van der Waals surface area (Å²) in [5.41, 5.74) is 0. The van der Waals surface area contributed by atoms with Crippen molar-refractivity contribution >= 4 is 17.9 Å². The Bertz CT molecular complexity index is 345. The van der Waals surface area contributed by atoms with Crippen LogP contribution in [-0.2, 0) is 9.59 Å². The van der Waals surface area contributed by atoms with Gasteiger partial charge in [0.05, 0.1) is 0 Å². The Morgan fingerprint density at radius 1 is 1.10 bits per heavy atom. The summed E-state index contributed by atoms with van der Waals surface area (Å²) in [5.74, 6) is -1.24. The zero-order valence-corrected chi connectivity index (χ0v) is 12.5. The van der Waals surface area contributed by atoms with Crippen molar-refractivity contribution in [1.82, 2.24) is 16.0 Å². The molecular formula is C13H25N3O4. The number of hydrogen-bond acceptors (Lipinski definition) is 3. The van der Waals surface area contributed by atoms with Crippen LogP contribution in [0.25, 0.3) is 0 Å². The Kier molecular flexibility index (Phi) is 8.35. The monoisotopic (exact) mass is 287 g/mol. The maximum atomic E-state index is 11.7. The highest BCUT2D eigenvalue weighted by Gasteiger charge is 2.22. The van der Waals surface area contributed by atoms with E-state index in [-0.39, 0.29) is 11.8 Å². The molecule has 0 spiro atoms. The van der Waals surface area contributed by atoms with Gasteiger partial charge >= 0.3 is 12.0 Å². The summed E-state index contributed by atoms with van der Waals surface area (Å²) < 4.78 is 0. The second-order valence-corrected chi connectivity index (χ2v) is 5.15. The fraction of sp³-hybridized carbons (Fsp3) is 0.769. The van der Waals surface area contributed by atoms with Crippen molar-refractivity contribution in [2.75, 3.05) is 6.54 Å². The molecule has 116 valence electrons. The van der Waals surface area contributed by atoms with Crippen LogP contribution >= 0.6 is 0 Å². The molecule has 0 aliphatic carbocycles. The van der Waals surface area contributed by atoms with Gasteiger partial charge in [0.25, 0.3) is 0 Å². The largest absolute Gasteiger partial charge is 0.480 e. The molecule has 1 unspecified atom stereocenters. The predicted octanol–water partition coefficient (Wildman–Crippen LogP) is 0.700. The molecule has 0 saturated heterocycles. The van der Waals surface area contributed by atoms with Crippen LogP contribution in [0.15, 0.2) is 0 Å². The van der Waals surface area contributed by atoms with Crippen molar-refractivity contribution in [3.8, 4) is 0 Å². The molecule has 3 amide bonds. The predicted molar refractivity (Wildman–Crippen MR) is 75.3 cm³/mol. The summed E-state index contributed by atoms with van der Waals surface area (Å²) in [6.07, 6.45) is 1.14. The summed E-state index contributed by atoms with van der Waals surface area (Å²) in [6, 6.07) is -2.33. The molecule has 4 N–H and O–H groups in total. The minimum absolute atomic E-state index is 0.140. The van der Waals surface area contributed by atoms with E-state index in [9.17, 15) is 14.4 Å². The van der Waals surface area contributed by atoms with E-state index >= 15 is 0 Å². The second-order valence-electron chi connectivity index (χ2n) is 5.15. The average molecular weight is 287 g/mol. The molecule has 7 heteroatoms. The van der Waals surface area contributed by atoms with Crippen LogP contribution in [0.5, 0.6) is 0 Å². The molecule has 0 aliphatic heterocycles. The van der Waals surface area contributed by atoms with Crippen LogP contribution in [0.2, 0.25) is 0 Å². The van der Waals surface area contributed by atoms with Crippen LogP contribution < -0.4 is 16.0 Å². The number of hydrogen-bond donors (Lipinski definition) is 4. The average Bonchev–Trinajstić information content (AvgIpc) is 2.34. The van der Waals surface area contributed by atoms with Gasteiger partial charge in [0.15, 0.2) is 0 Å². The molecule has 0 saturated carbocycles. The number of carbonyl (C=O) groups excluding carboxylic acids is 2. The van der Waals surface area contributed by atoms with Gasteiger partial charge in [-0.15, -0.1) is 0 Å². The number of carboxylic acid groups (broad SMARTS) is 1. The summed E-state index contributed by atoms with van der Waals surface area (Å²) >= 11 is 0. The summed E-state index contributed by atoms with van der Waals surface area (Å²) in [5, 5.41) is 16.4. The summed E-state index contributed by atoms with van der Waals surface area (Å²) in [7, 11) is 0. The lowest BCUT2D eigenvalue weighted by molar-refractivity contribution is -0.139. The second kappa shape index (κ2) is 9.17.